The van der Waals surface area contributed by atoms with Gasteiger partial charge in [0.05, 0.1) is 11.2 Å². The number of hydrogen-bond acceptors (Lipinski definition) is 3. The van der Waals surface area contributed by atoms with E-state index >= 15 is 0 Å². The first kappa shape index (κ1) is 20.6. The van der Waals surface area contributed by atoms with Crippen LogP contribution in [0.5, 0.6) is 0 Å². The second kappa shape index (κ2) is 9.33. The summed E-state index contributed by atoms with van der Waals surface area (Å²) in [6, 6.07) is 13.5. The number of amides is 1. The summed E-state index contributed by atoms with van der Waals surface area (Å²) in [5.41, 5.74) is 0.663. The molecule has 0 spiro atoms. The molecular formula is C22H27NO4. The molecule has 0 saturated heterocycles. The number of carbonyl (C=O) groups excluding carboxylic acids is 1. The summed E-state index contributed by atoms with van der Waals surface area (Å²) in [4.78, 5) is 24.3. The van der Waals surface area contributed by atoms with Gasteiger partial charge < -0.3 is 15.5 Å². The highest BCUT2D eigenvalue weighted by Crippen LogP contribution is 2.27. The van der Waals surface area contributed by atoms with Crippen molar-refractivity contribution in [3.8, 4) is 11.1 Å². The van der Waals surface area contributed by atoms with E-state index in [1.165, 1.54) is 6.07 Å². The smallest absolute Gasteiger partial charge is 0.336 e. The largest absolute Gasteiger partial charge is 0.478 e. The average molecular weight is 369 g/mol. The highest BCUT2D eigenvalue weighted by molar-refractivity contribution is 6.04. The summed E-state index contributed by atoms with van der Waals surface area (Å²) in [6.45, 7) is 4.17. The Hall–Kier alpha value is -2.66. The number of aromatic carboxylic acids is 1. The Morgan fingerprint density at radius 1 is 0.889 bits per heavy atom. The summed E-state index contributed by atoms with van der Waals surface area (Å²) in [6.07, 6.45) is 2.89. The van der Waals surface area contributed by atoms with Crippen molar-refractivity contribution in [1.29, 1.82) is 0 Å². The molecule has 0 aromatic heterocycles. The molecule has 0 saturated carbocycles. The van der Waals surface area contributed by atoms with Crippen molar-refractivity contribution in [3.05, 3.63) is 59.7 Å². The third-order valence-electron chi connectivity index (χ3n) is 4.63. The molecule has 0 heterocycles. The van der Waals surface area contributed by atoms with Crippen LogP contribution in [0.3, 0.4) is 0 Å². The van der Waals surface area contributed by atoms with Crippen LogP contribution in [0.2, 0.25) is 0 Å². The maximum absolute atomic E-state index is 12.8. The van der Waals surface area contributed by atoms with Gasteiger partial charge in [0, 0.05) is 12.1 Å². The van der Waals surface area contributed by atoms with Crippen molar-refractivity contribution in [2.75, 3.05) is 6.54 Å². The van der Waals surface area contributed by atoms with Crippen LogP contribution in [-0.4, -0.2) is 34.2 Å². The van der Waals surface area contributed by atoms with Gasteiger partial charge in [0.25, 0.3) is 5.91 Å². The van der Waals surface area contributed by atoms with E-state index in [1.807, 2.05) is 13.8 Å². The van der Waals surface area contributed by atoms with Gasteiger partial charge in [-0.2, -0.15) is 0 Å². The average Bonchev–Trinajstić information content (AvgIpc) is 2.66. The molecule has 5 nitrogen and oxygen atoms in total. The minimum absolute atomic E-state index is 0.145. The molecule has 1 amide bonds. The summed E-state index contributed by atoms with van der Waals surface area (Å²) >= 11 is 0. The zero-order chi connectivity index (χ0) is 19.9. The SMILES string of the molecule is CCCC(O)(CCC)CNC(=O)c1ccccc1-c1ccccc1C(=O)O. The van der Waals surface area contributed by atoms with E-state index in [0.717, 1.165) is 12.8 Å². The lowest BCUT2D eigenvalue weighted by Gasteiger charge is -2.28. The molecule has 3 N–H and O–H groups in total. The summed E-state index contributed by atoms with van der Waals surface area (Å²) in [7, 11) is 0. The van der Waals surface area contributed by atoms with E-state index in [4.69, 9.17) is 0 Å². The van der Waals surface area contributed by atoms with E-state index in [0.29, 0.717) is 29.5 Å². The Kier molecular flexibility index (Phi) is 7.13. The molecule has 0 aliphatic rings. The highest BCUT2D eigenvalue weighted by Gasteiger charge is 2.26. The van der Waals surface area contributed by atoms with Gasteiger partial charge in [0.15, 0.2) is 0 Å². The lowest BCUT2D eigenvalue weighted by Crippen LogP contribution is -2.43. The number of carboxylic acid groups (broad SMARTS) is 1. The normalized spacial score (nSPS) is 11.2. The van der Waals surface area contributed by atoms with Crippen LogP contribution < -0.4 is 5.32 Å². The van der Waals surface area contributed by atoms with Crippen LogP contribution in [0.4, 0.5) is 0 Å². The Morgan fingerprint density at radius 2 is 1.37 bits per heavy atom. The van der Waals surface area contributed by atoms with Crippen molar-refractivity contribution in [2.24, 2.45) is 0 Å². The Bertz CT molecular complexity index is 794. The fraction of sp³-hybridized carbons (Fsp3) is 0.364. The zero-order valence-corrected chi connectivity index (χ0v) is 15.9. The summed E-state index contributed by atoms with van der Waals surface area (Å²) in [5, 5.41) is 23.0. The van der Waals surface area contributed by atoms with Crippen molar-refractivity contribution in [1.82, 2.24) is 5.32 Å². The quantitative estimate of drug-likeness (QED) is 0.621. The number of aliphatic hydroxyl groups is 1. The molecule has 2 rings (SSSR count). The lowest BCUT2D eigenvalue weighted by atomic mass is 9.92. The fourth-order valence-corrected chi connectivity index (χ4v) is 3.39. The van der Waals surface area contributed by atoms with Gasteiger partial charge in [-0.15, -0.1) is 0 Å². The zero-order valence-electron chi connectivity index (χ0n) is 15.9. The highest BCUT2D eigenvalue weighted by atomic mass is 16.4. The first-order chi connectivity index (χ1) is 12.9. The van der Waals surface area contributed by atoms with Gasteiger partial charge in [-0.1, -0.05) is 63.1 Å². The Balaban J connectivity index is 2.30. The molecule has 0 bridgehead atoms. The Labute approximate surface area is 160 Å². The molecule has 144 valence electrons. The van der Waals surface area contributed by atoms with Gasteiger partial charge in [-0.25, -0.2) is 4.79 Å². The summed E-state index contributed by atoms with van der Waals surface area (Å²) < 4.78 is 0. The van der Waals surface area contributed by atoms with Gasteiger partial charge in [0.1, 0.15) is 0 Å². The summed E-state index contributed by atoms with van der Waals surface area (Å²) in [5.74, 6) is -1.36. The second-order valence-corrected chi connectivity index (χ2v) is 6.80. The van der Waals surface area contributed by atoms with Gasteiger partial charge in [0.2, 0.25) is 0 Å². The van der Waals surface area contributed by atoms with Crippen LogP contribution in [-0.2, 0) is 0 Å². The van der Waals surface area contributed by atoms with Crippen molar-refractivity contribution < 1.29 is 19.8 Å². The van der Waals surface area contributed by atoms with Crippen molar-refractivity contribution in [3.63, 3.8) is 0 Å². The minimum Gasteiger partial charge on any atom is -0.478 e. The first-order valence-electron chi connectivity index (χ1n) is 9.34. The van der Waals surface area contributed by atoms with E-state index in [2.05, 4.69) is 5.32 Å². The van der Waals surface area contributed by atoms with Crippen molar-refractivity contribution in [2.45, 2.75) is 45.1 Å². The topological polar surface area (TPSA) is 86.6 Å². The number of rotatable bonds is 9. The fourth-order valence-electron chi connectivity index (χ4n) is 3.39. The maximum Gasteiger partial charge on any atom is 0.336 e. The molecule has 2 aromatic carbocycles. The number of benzene rings is 2. The van der Waals surface area contributed by atoms with Crippen LogP contribution in [0.25, 0.3) is 11.1 Å². The van der Waals surface area contributed by atoms with Gasteiger partial charge >= 0.3 is 5.97 Å². The predicted molar refractivity (Wildman–Crippen MR) is 106 cm³/mol. The standard InChI is InChI=1S/C22H27NO4/c1-3-13-22(27,14-4-2)15-23-20(24)18-11-7-5-9-16(18)17-10-6-8-12-19(17)21(25)26/h5-12,27H,3-4,13-15H2,1-2H3,(H,23,24)(H,25,26). The van der Waals surface area contributed by atoms with Crippen LogP contribution in [0, 0.1) is 0 Å². The van der Waals surface area contributed by atoms with Crippen LogP contribution in [0.1, 0.15) is 60.2 Å². The second-order valence-electron chi connectivity index (χ2n) is 6.80. The molecule has 0 aliphatic carbocycles. The molecular weight excluding hydrogens is 342 g/mol. The molecule has 0 unspecified atom stereocenters. The van der Waals surface area contributed by atoms with E-state index < -0.39 is 11.6 Å². The predicted octanol–water partition coefficient (Wildman–Crippen LogP) is 4.11. The maximum atomic E-state index is 12.8. The number of carbonyl (C=O) groups is 2. The minimum atomic E-state index is -1.04. The van der Waals surface area contributed by atoms with Crippen molar-refractivity contribution >= 4 is 11.9 Å². The molecule has 0 aliphatic heterocycles. The van der Waals surface area contributed by atoms with E-state index in [9.17, 15) is 19.8 Å². The molecule has 5 heteroatoms. The molecule has 0 fully saturated rings. The Morgan fingerprint density at radius 3 is 1.89 bits per heavy atom. The molecule has 0 radical (unpaired) electrons. The molecule has 2 aromatic rings. The third kappa shape index (κ3) is 5.17. The first-order valence-corrected chi connectivity index (χ1v) is 9.34. The number of carboxylic acids is 1. The molecule has 0 atom stereocenters. The van der Waals surface area contributed by atoms with Crippen LogP contribution >= 0.6 is 0 Å². The van der Waals surface area contributed by atoms with Crippen LogP contribution in [0.15, 0.2) is 48.5 Å². The monoisotopic (exact) mass is 369 g/mol. The number of hydrogen-bond donors (Lipinski definition) is 3. The third-order valence-corrected chi connectivity index (χ3v) is 4.63. The van der Waals surface area contributed by atoms with Gasteiger partial charge in [-0.3, -0.25) is 4.79 Å². The molecule has 27 heavy (non-hydrogen) atoms. The number of nitrogens with one attached hydrogen (secondary N) is 1. The lowest BCUT2D eigenvalue weighted by molar-refractivity contribution is 0.0213. The van der Waals surface area contributed by atoms with E-state index in [1.54, 1.807) is 42.5 Å². The van der Waals surface area contributed by atoms with Gasteiger partial charge in [-0.05, 0) is 36.1 Å². The van der Waals surface area contributed by atoms with E-state index in [-0.39, 0.29) is 18.0 Å².